The Morgan fingerprint density at radius 1 is 1.04 bits per heavy atom. The zero-order valence-electron chi connectivity index (χ0n) is 14.8. The average Bonchev–Trinajstić information content (AvgIpc) is 2.55. The first kappa shape index (κ1) is 23.2. The third-order valence-corrected chi connectivity index (χ3v) is 4.04. The second-order valence-corrected chi connectivity index (χ2v) is 6.00. The van der Waals surface area contributed by atoms with E-state index in [1.54, 1.807) is 0 Å². The Balaban J connectivity index is 0.00000288. The van der Waals surface area contributed by atoms with Gasteiger partial charge in [-0.25, -0.2) is 0 Å². The fourth-order valence-electron chi connectivity index (χ4n) is 2.34. The van der Waals surface area contributed by atoms with Gasteiger partial charge in [0.15, 0.2) is 0 Å². The van der Waals surface area contributed by atoms with Crippen LogP contribution in [0.25, 0.3) is 0 Å². The van der Waals surface area contributed by atoms with Crippen molar-refractivity contribution >= 4 is 42.1 Å². The van der Waals surface area contributed by atoms with E-state index in [2.05, 4.69) is 22.3 Å². The summed E-state index contributed by atoms with van der Waals surface area (Å²) in [5.74, 6) is -0.289. The van der Waals surface area contributed by atoms with E-state index >= 15 is 0 Å². The van der Waals surface area contributed by atoms with Gasteiger partial charge in [0.05, 0.1) is 17.3 Å². The Bertz CT molecular complexity index is 650. The average molecular weight is 384 g/mol. The van der Waals surface area contributed by atoms with Gasteiger partial charge in [-0.1, -0.05) is 49.4 Å². The van der Waals surface area contributed by atoms with E-state index in [0.29, 0.717) is 0 Å². The summed E-state index contributed by atoms with van der Waals surface area (Å²) in [5, 5.41) is 3.00. The van der Waals surface area contributed by atoms with E-state index in [-0.39, 0.29) is 42.7 Å². The van der Waals surface area contributed by atoms with Crippen LogP contribution >= 0.6 is 24.8 Å². The van der Waals surface area contributed by atoms with Crippen LogP contribution < -0.4 is 16.0 Å². The maximum Gasteiger partial charge on any atom is 0.228 e. The Labute approximate surface area is 162 Å². The van der Waals surface area contributed by atoms with Gasteiger partial charge in [0.2, 0.25) is 5.91 Å². The van der Waals surface area contributed by atoms with E-state index in [1.165, 1.54) is 5.56 Å². The molecule has 6 heteroatoms. The van der Waals surface area contributed by atoms with Crippen LogP contribution in [0.1, 0.15) is 19.4 Å². The van der Waals surface area contributed by atoms with Crippen LogP contribution in [0.3, 0.4) is 0 Å². The summed E-state index contributed by atoms with van der Waals surface area (Å²) in [7, 11) is 2.02. The summed E-state index contributed by atoms with van der Waals surface area (Å²) in [4.78, 5) is 14.4. The third kappa shape index (κ3) is 6.58. The van der Waals surface area contributed by atoms with Crippen molar-refractivity contribution in [2.75, 3.05) is 17.3 Å². The summed E-state index contributed by atoms with van der Waals surface area (Å²) >= 11 is 0. The van der Waals surface area contributed by atoms with Gasteiger partial charge in [-0.2, -0.15) is 0 Å². The Morgan fingerprint density at radius 2 is 1.60 bits per heavy atom. The molecule has 0 bridgehead atoms. The second-order valence-electron chi connectivity index (χ2n) is 6.00. The molecule has 0 aromatic heterocycles. The second kappa shape index (κ2) is 11.0. The molecule has 138 valence electrons. The highest BCUT2D eigenvalue weighted by Crippen LogP contribution is 2.26. The number of hydrogen-bond donors (Lipinski definition) is 2. The van der Waals surface area contributed by atoms with Crippen molar-refractivity contribution in [2.45, 2.75) is 26.4 Å². The van der Waals surface area contributed by atoms with Crippen LogP contribution in [0, 0.1) is 5.92 Å². The fraction of sp³-hybridized carbons (Fsp3) is 0.316. The summed E-state index contributed by atoms with van der Waals surface area (Å²) in [6, 6.07) is 17.9. The maximum atomic E-state index is 12.3. The third-order valence-electron chi connectivity index (χ3n) is 4.04. The topological polar surface area (TPSA) is 58.4 Å². The standard InChI is InChI=1S/C19H25N3O.2ClH/c1-14(15(2)20)19(23)21-17-11-7-8-12-18(17)22(3)13-16-9-5-4-6-10-16;;/h4-12,14-15H,13,20H2,1-3H3,(H,21,23);2*1H. The quantitative estimate of drug-likeness (QED) is 0.789. The lowest BCUT2D eigenvalue weighted by molar-refractivity contribution is -0.119. The fourth-order valence-corrected chi connectivity index (χ4v) is 2.34. The van der Waals surface area contributed by atoms with Crippen molar-refractivity contribution in [1.29, 1.82) is 0 Å². The minimum atomic E-state index is -0.234. The first-order valence-electron chi connectivity index (χ1n) is 7.89. The van der Waals surface area contributed by atoms with E-state index in [4.69, 9.17) is 5.73 Å². The normalized spacial score (nSPS) is 12.2. The molecule has 0 radical (unpaired) electrons. The molecule has 25 heavy (non-hydrogen) atoms. The number of benzene rings is 2. The molecule has 0 fully saturated rings. The van der Waals surface area contributed by atoms with Crippen molar-refractivity contribution < 1.29 is 4.79 Å². The number of amides is 1. The number of nitrogens with one attached hydrogen (secondary N) is 1. The number of anilines is 2. The molecule has 2 aromatic carbocycles. The first-order valence-corrected chi connectivity index (χ1v) is 7.89. The zero-order valence-corrected chi connectivity index (χ0v) is 16.4. The highest BCUT2D eigenvalue weighted by Gasteiger charge is 2.18. The smallest absolute Gasteiger partial charge is 0.228 e. The van der Waals surface area contributed by atoms with E-state index in [9.17, 15) is 4.79 Å². The molecule has 3 N–H and O–H groups in total. The van der Waals surface area contributed by atoms with Crippen LogP contribution in [0.15, 0.2) is 54.6 Å². The van der Waals surface area contributed by atoms with Crippen LogP contribution in [-0.4, -0.2) is 19.0 Å². The molecular weight excluding hydrogens is 357 g/mol. The van der Waals surface area contributed by atoms with Gasteiger partial charge in [-0.15, -0.1) is 24.8 Å². The Kier molecular flexibility index (Phi) is 10.2. The molecule has 0 spiro atoms. The molecule has 0 aliphatic heterocycles. The molecule has 0 saturated heterocycles. The van der Waals surface area contributed by atoms with Gasteiger partial charge in [-0.3, -0.25) is 4.79 Å². The molecule has 2 unspecified atom stereocenters. The van der Waals surface area contributed by atoms with Crippen LogP contribution in [-0.2, 0) is 11.3 Å². The van der Waals surface area contributed by atoms with Crippen LogP contribution in [0.4, 0.5) is 11.4 Å². The minimum absolute atomic E-state index is 0. The van der Waals surface area contributed by atoms with Crippen molar-refractivity contribution in [3.05, 3.63) is 60.2 Å². The molecule has 2 aromatic rings. The molecule has 1 amide bonds. The molecule has 0 heterocycles. The highest BCUT2D eigenvalue weighted by molar-refractivity contribution is 5.96. The molecule has 0 saturated carbocycles. The van der Waals surface area contributed by atoms with Crippen LogP contribution in [0.2, 0.25) is 0 Å². The number of carbonyl (C=O) groups is 1. The highest BCUT2D eigenvalue weighted by atomic mass is 35.5. The summed E-state index contributed by atoms with van der Waals surface area (Å²) < 4.78 is 0. The maximum absolute atomic E-state index is 12.3. The summed E-state index contributed by atoms with van der Waals surface area (Å²) in [6.45, 7) is 4.46. The van der Waals surface area contributed by atoms with Gasteiger partial charge in [-0.05, 0) is 24.6 Å². The van der Waals surface area contributed by atoms with Gasteiger partial charge in [0.1, 0.15) is 0 Å². The number of para-hydroxylation sites is 2. The number of carbonyl (C=O) groups excluding carboxylic acids is 1. The Hall–Kier alpha value is -1.75. The summed E-state index contributed by atoms with van der Waals surface area (Å²) in [6.07, 6.45) is 0. The summed E-state index contributed by atoms with van der Waals surface area (Å²) in [5.41, 5.74) is 8.84. The predicted octanol–water partition coefficient (Wildman–Crippen LogP) is 4.09. The number of nitrogens with zero attached hydrogens (tertiary/aromatic N) is 1. The van der Waals surface area contributed by atoms with Crippen molar-refractivity contribution in [3.8, 4) is 0 Å². The lowest BCUT2D eigenvalue weighted by Gasteiger charge is -2.24. The number of halogens is 2. The predicted molar refractivity (Wildman–Crippen MR) is 111 cm³/mol. The molecular formula is C19H27Cl2N3O. The van der Waals surface area contributed by atoms with Crippen LogP contribution in [0.5, 0.6) is 0 Å². The van der Waals surface area contributed by atoms with Gasteiger partial charge >= 0.3 is 0 Å². The van der Waals surface area contributed by atoms with Gasteiger partial charge < -0.3 is 16.0 Å². The van der Waals surface area contributed by atoms with E-state index in [1.807, 2.05) is 63.4 Å². The number of rotatable bonds is 6. The lowest BCUT2D eigenvalue weighted by Crippen LogP contribution is -2.34. The largest absolute Gasteiger partial charge is 0.369 e. The molecule has 4 nitrogen and oxygen atoms in total. The van der Waals surface area contributed by atoms with Crippen molar-refractivity contribution in [3.63, 3.8) is 0 Å². The van der Waals surface area contributed by atoms with E-state index in [0.717, 1.165) is 17.9 Å². The number of hydrogen-bond acceptors (Lipinski definition) is 3. The lowest BCUT2D eigenvalue weighted by atomic mass is 10.0. The molecule has 2 rings (SSSR count). The van der Waals surface area contributed by atoms with Gasteiger partial charge in [0, 0.05) is 19.6 Å². The minimum Gasteiger partial charge on any atom is -0.369 e. The van der Waals surface area contributed by atoms with Crippen molar-refractivity contribution in [2.24, 2.45) is 11.7 Å². The van der Waals surface area contributed by atoms with E-state index < -0.39 is 0 Å². The number of nitrogens with two attached hydrogens (primary N) is 1. The monoisotopic (exact) mass is 383 g/mol. The molecule has 0 aliphatic rings. The SMILES string of the molecule is CC(N)C(C)C(=O)Nc1ccccc1N(C)Cc1ccccc1.Cl.Cl. The molecule has 2 atom stereocenters. The zero-order chi connectivity index (χ0) is 16.8. The Morgan fingerprint density at radius 3 is 2.20 bits per heavy atom. The first-order chi connectivity index (χ1) is 11.0. The van der Waals surface area contributed by atoms with Crippen molar-refractivity contribution in [1.82, 2.24) is 0 Å². The molecule has 0 aliphatic carbocycles. The van der Waals surface area contributed by atoms with Gasteiger partial charge in [0.25, 0.3) is 0 Å².